The Morgan fingerprint density at radius 1 is 1.26 bits per heavy atom. The first-order chi connectivity index (χ1) is 12.6. The van der Waals surface area contributed by atoms with Gasteiger partial charge in [-0.1, -0.05) is 6.07 Å². The smallest absolute Gasteiger partial charge is 0.251 e. The van der Waals surface area contributed by atoms with E-state index >= 15 is 0 Å². The molecule has 27 heavy (non-hydrogen) atoms. The lowest BCUT2D eigenvalue weighted by Crippen LogP contribution is -2.42. The molecular weight excluding hydrogens is 366 g/mol. The lowest BCUT2D eigenvalue weighted by molar-refractivity contribution is -0.121. The number of amides is 2. The molecule has 4 unspecified atom stereocenters. The molecule has 7 heteroatoms. The third kappa shape index (κ3) is 5.21. The van der Waals surface area contributed by atoms with Crippen molar-refractivity contribution in [2.45, 2.75) is 38.6 Å². The van der Waals surface area contributed by atoms with Gasteiger partial charge in [-0.15, -0.1) is 12.4 Å². The van der Waals surface area contributed by atoms with Gasteiger partial charge in [0.25, 0.3) is 5.91 Å². The van der Waals surface area contributed by atoms with Crippen LogP contribution in [0.15, 0.2) is 24.3 Å². The number of halogens is 1. The molecule has 2 saturated carbocycles. The minimum Gasteiger partial charge on any atom is -0.382 e. The Hall–Kier alpha value is -1.63. The molecule has 1 aromatic rings. The molecule has 0 aliphatic heterocycles. The van der Waals surface area contributed by atoms with Crippen molar-refractivity contribution in [3.05, 3.63) is 29.8 Å². The van der Waals surface area contributed by atoms with Crippen molar-refractivity contribution in [2.75, 3.05) is 25.1 Å². The van der Waals surface area contributed by atoms with Crippen LogP contribution in [0.2, 0.25) is 0 Å². The van der Waals surface area contributed by atoms with Gasteiger partial charge in [0.05, 0.1) is 5.92 Å². The Morgan fingerprint density at radius 3 is 2.74 bits per heavy atom. The summed E-state index contributed by atoms with van der Waals surface area (Å²) >= 11 is 0. The van der Waals surface area contributed by atoms with Gasteiger partial charge in [0.2, 0.25) is 5.91 Å². The van der Waals surface area contributed by atoms with Gasteiger partial charge in [-0.25, -0.2) is 0 Å². The number of nitrogens with one attached hydrogen (secondary N) is 2. The fourth-order valence-corrected chi connectivity index (χ4v) is 4.31. The number of hydrogen-bond acceptors (Lipinski definition) is 4. The molecule has 2 amide bonds. The van der Waals surface area contributed by atoms with Gasteiger partial charge in [0, 0.05) is 37.1 Å². The van der Waals surface area contributed by atoms with Crippen molar-refractivity contribution in [1.82, 2.24) is 5.32 Å². The summed E-state index contributed by atoms with van der Waals surface area (Å²) < 4.78 is 5.25. The molecular formula is C20H30ClN3O3. The maximum absolute atomic E-state index is 12.7. The van der Waals surface area contributed by atoms with E-state index in [1.165, 1.54) is 0 Å². The molecule has 0 heterocycles. The minimum atomic E-state index is -0.144. The van der Waals surface area contributed by atoms with Crippen molar-refractivity contribution in [3.63, 3.8) is 0 Å². The first-order valence-corrected chi connectivity index (χ1v) is 9.62. The number of rotatable bonds is 8. The van der Waals surface area contributed by atoms with Gasteiger partial charge in [0.1, 0.15) is 0 Å². The predicted molar refractivity (Wildman–Crippen MR) is 108 cm³/mol. The fraction of sp³-hybridized carbons (Fsp3) is 0.600. The number of carbonyl (C=O) groups excluding carboxylic acids is 2. The normalized spacial score (nSPS) is 25.7. The Kier molecular flexibility index (Phi) is 8.07. The lowest BCUT2D eigenvalue weighted by atomic mass is 9.84. The zero-order valence-corrected chi connectivity index (χ0v) is 16.6. The maximum Gasteiger partial charge on any atom is 0.251 e. The van der Waals surface area contributed by atoms with Crippen LogP contribution < -0.4 is 16.4 Å². The van der Waals surface area contributed by atoms with E-state index in [1.54, 1.807) is 18.2 Å². The summed E-state index contributed by atoms with van der Waals surface area (Å²) in [6, 6.07) is 7.02. The van der Waals surface area contributed by atoms with E-state index in [0.717, 1.165) is 25.7 Å². The summed E-state index contributed by atoms with van der Waals surface area (Å²) in [6.07, 6.45) is 4.09. The molecule has 0 saturated heterocycles. The minimum absolute atomic E-state index is 0. The number of anilines is 1. The molecule has 2 fully saturated rings. The van der Waals surface area contributed by atoms with Gasteiger partial charge in [-0.05, 0) is 62.6 Å². The summed E-state index contributed by atoms with van der Waals surface area (Å²) in [4.78, 5) is 24.9. The van der Waals surface area contributed by atoms with Crippen LogP contribution in [0.5, 0.6) is 0 Å². The van der Waals surface area contributed by atoms with Gasteiger partial charge >= 0.3 is 0 Å². The molecule has 4 N–H and O–H groups in total. The number of fused-ring (bicyclic) bond motifs is 2. The van der Waals surface area contributed by atoms with Crippen LogP contribution in [0.25, 0.3) is 0 Å². The standard InChI is InChI=1S/C20H29N3O3.ClH/c1-2-26-10-4-9-22-19(24)15-5-3-6-16(12-15)23-20(25)17-13-7-8-14(11-13)18(17)21;/h3,5-6,12-14,17-18H,2,4,7-11,21H2,1H3,(H,22,24)(H,23,25);1H. The number of ether oxygens (including phenoxy) is 1. The number of carbonyl (C=O) groups is 2. The number of hydrogen-bond donors (Lipinski definition) is 3. The second-order valence-electron chi connectivity index (χ2n) is 7.31. The Bertz CT molecular complexity index is 653. The number of nitrogens with two attached hydrogens (primary N) is 1. The number of benzene rings is 1. The Labute approximate surface area is 167 Å². The van der Waals surface area contributed by atoms with E-state index in [2.05, 4.69) is 10.6 Å². The molecule has 2 aliphatic carbocycles. The Morgan fingerprint density at radius 2 is 2.04 bits per heavy atom. The monoisotopic (exact) mass is 395 g/mol. The Balaban J connectivity index is 0.00000261. The van der Waals surface area contributed by atoms with E-state index in [1.807, 2.05) is 13.0 Å². The highest BCUT2D eigenvalue weighted by Gasteiger charge is 2.49. The van der Waals surface area contributed by atoms with E-state index in [9.17, 15) is 9.59 Å². The van der Waals surface area contributed by atoms with E-state index in [4.69, 9.17) is 10.5 Å². The molecule has 6 nitrogen and oxygen atoms in total. The van der Waals surface area contributed by atoms with Crippen molar-refractivity contribution < 1.29 is 14.3 Å². The highest BCUT2D eigenvalue weighted by Crippen LogP contribution is 2.47. The SMILES string of the molecule is CCOCCCNC(=O)c1cccc(NC(=O)C2C3CCC(C3)C2N)c1.Cl. The fourth-order valence-electron chi connectivity index (χ4n) is 4.31. The molecule has 2 aliphatic rings. The van der Waals surface area contributed by atoms with Crippen LogP contribution >= 0.6 is 12.4 Å². The summed E-state index contributed by atoms with van der Waals surface area (Å²) in [5.41, 5.74) is 7.43. The van der Waals surface area contributed by atoms with Crippen molar-refractivity contribution >= 4 is 29.9 Å². The quantitative estimate of drug-likeness (QED) is 0.590. The molecule has 0 radical (unpaired) electrons. The predicted octanol–water partition coefficient (Wildman–Crippen LogP) is 2.58. The van der Waals surface area contributed by atoms with Crippen LogP contribution in [0.3, 0.4) is 0 Å². The maximum atomic E-state index is 12.7. The van der Waals surface area contributed by atoms with E-state index < -0.39 is 0 Å². The van der Waals surface area contributed by atoms with Gasteiger partial charge in [-0.2, -0.15) is 0 Å². The second-order valence-corrected chi connectivity index (χ2v) is 7.31. The van der Waals surface area contributed by atoms with Crippen molar-refractivity contribution in [2.24, 2.45) is 23.5 Å². The molecule has 3 rings (SSSR count). The molecule has 4 atom stereocenters. The summed E-state index contributed by atoms with van der Waals surface area (Å²) in [5.74, 6) is 0.634. The zero-order valence-electron chi connectivity index (χ0n) is 15.8. The van der Waals surface area contributed by atoms with Gasteiger partial charge < -0.3 is 21.1 Å². The third-order valence-corrected chi connectivity index (χ3v) is 5.63. The third-order valence-electron chi connectivity index (χ3n) is 5.63. The highest BCUT2D eigenvalue weighted by atomic mass is 35.5. The average molecular weight is 396 g/mol. The van der Waals surface area contributed by atoms with E-state index in [0.29, 0.717) is 42.8 Å². The second kappa shape index (κ2) is 10.1. The summed E-state index contributed by atoms with van der Waals surface area (Å²) in [5, 5.41) is 5.83. The largest absolute Gasteiger partial charge is 0.382 e. The molecule has 1 aromatic carbocycles. The highest BCUT2D eigenvalue weighted by molar-refractivity contribution is 5.98. The van der Waals surface area contributed by atoms with Crippen LogP contribution in [0.4, 0.5) is 5.69 Å². The molecule has 0 aromatic heterocycles. The van der Waals surface area contributed by atoms with Gasteiger partial charge in [-0.3, -0.25) is 9.59 Å². The zero-order chi connectivity index (χ0) is 18.5. The van der Waals surface area contributed by atoms with Crippen LogP contribution in [-0.2, 0) is 9.53 Å². The van der Waals surface area contributed by atoms with Gasteiger partial charge in [0.15, 0.2) is 0 Å². The molecule has 150 valence electrons. The summed E-state index contributed by atoms with van der Waals surface area (Å²) in [6.45, 7) is 3.83. The molecule has 2 bridgehead atoms. The first kappa shape index (κ1) is 21.7. The van der Waals surface area contributed by atoms with Crippen molar-refractivity contribution in [3.8, 4) is 0 Å². The van der Waals surface area contributed by atoms with Crippen molar-refractivity contribution in [1.29, 1.82) is 0 Å². The topological polar surface area (TPSA) is 93.5 Å². The van der Waals surface area contributed by atoms with Crippen LogP contribution in [-0.4, -0.2) is 37.6 Å². The van der Waals surface area contributed by atoms with Crippen LogP contribution in [0.1, 0.15) is 43.0 Å². The average Bonchev–Trinajstić information content (AvgIpc) is 3.22. The molecule has 0 spiro atoms. The summed E-state index contributed by atoms with van der Waals surface area (Å²) in [7, 11) is 0. The van der Waals surface area contributed by atoms with Crippen LogP contribution in [0, 0.1) is 17.8 Å². The van der Waals surface area contributed by atoms with E-state index in [-0.39, 0.29) is 36.2 Å². The lowest BCUT2D eigenvalue weighted by Gasteiger charge is -2.27. The first-order valence-electron chi connectivity index (χ1n) is 9.62.